The van der Waals surface area contributed by atoms with Crippen LogP contribution >= 0.6 is 27.5 Å². The molecule has 0 saturated heterocycles. The largest absolute Gasteiger partial charge is 0.437 e. The zero-order valence-corrected chi connectivity index (χ0v) is 12.4. The maximum atomic E-state index is 13.0. The van der Waals surface area contributed by atoms with E-state index >= 15 is 0 Å². The second-order valence-corrected chi connectivity index (χ2v) is 5.19. The van der Waals surface area contributed by atoms with Crippen molar-refractivity contribution in [1.29, 1.82) is 5.26 Å². The van der Waals surface area contributed by atoms with Gasteiger partial charge in [0.1, 0.15) is 10.8 Å². The highest BCUT2D eigenvalue weighted by molar-refractivity contribution is 9.10. The molecule has 0 aliphatic carbocycles. The maximum Gasteiger partial charge on any atom is 0.420 e. The van der Waals surface area contributed by atoms with Crippen LogP contribution in [0.5, 0.6) is 11.6 Å². The number of pyridine rings is 1. The van der Waals surface area contributed by atoms with Crippen molar-refractivity contribution < 1.29 is 17.9 Å². The minimum Gasteiger partial charge on any atom is -0.437 e. The van der Waals surface area contributed by atoms with Gasteiger partial charge in [-0.05, 0) is 40.2 Å². The molecule has 0 aliphatic heterocycles. The molecule has 0 spiro atoms. The van der Waals surface area contributed by atoms with Crippen molar-refractivity contribution in [2.45, 2.75) is 6.18 Å². The third-order valence-electron chi connectivity index (χ3n) is 2.39. The van der Waals surface area contributed by atoms with Crippen molar-refractivity contribution in [3.05, 3.63) is 51.1 Å². The SMILES string of the molecule is N#Cc1ccc(Oc2ncc(Br)cc2Cl)c(C(F)(F)F)c1. The van der Waals surface area contributed by atoms with Crippen LogP contribution in [0.25, 0.3) is 0 Å². The van der Waals surface area contributed by atoms with Gasteiger partial charge >= 0.3 is 6.18 Å². The lowest BCUT2D eigenvalue weighted by Crippen LogP contribution is -2.08. The van der Waals surface area contributed by atoms with Crippen LogP contribution in [0.1, 0.15) is 11.1 Å². The number of nitrogens with zero attached hydrogens (tertiary/aromatic N) is 2. The Morgan fingerprint density at radius 1 is 1.29 bits per heavy atom. The van der Waals surface area contributed by atoms with Gasteiger partial charge in [-0.25, -0.2) is 4.98 Å². The van der Waals surface area contributed by atoms with Gasteiger partial charge in [0.15, 0.2) is 0 Å². The Morgan fingerprint density at radius 3 is 2.57 bits per heavy atom. The normalized spacial score (nSPS) is 11.0. The minimum atomic E-state index is -4.66. The molecule has 0 fully saturated rings. The van der Waals surface area contributed by atoms with Crippen LogP contribution in [-0.2, 0) is 6.18 Å². The zero-order valence-electron chi connectivity index (χ0n) is 10.1. The molecule has 1 heterocycles. The van der Waals surface area contributed by atoms with E-state index in [-0.39, 0.29) is 16.5 Å². The smallest absolute Gasteiger partial charge is 0.420 e. The van der Waals surface area contributed by atoms with Crippen LogP contribution in [-0.4, -0.2) is 4.98 Å². The zero-order chi connectivity index (χ0) is 15.6. The van der Waals surface area contributed by atoms with E-state index in [1.165, 1.54) is 18.3 Å². The highest BCUT2D eigenvalue weighted by Gasteiger charge is 2.35. The summed E-state index contributed by atoms with van der Waals surface area (Å²) in [5.74, 6) is -0.631. The van der Waals surface area contributed by atoms with E-state index in [1.807, 2.05) is 0 Å². The topological polar surface area (TPSA) is 45.9 Å². The molecule has 0 N–H and O–H groups in total. The Morgan fingerprint density at radius 2 is 2.00 bits per heavy atom. The van der Waals surface area contributed by atoms with Gasteiger partial charge in [0.05, 0.1) is 17.2 Å². The number of aromatic nitrogens is 1. The number of benzene rings is 1. The van der Waals surface area contributed by atoms with E-state index < -0.39 is 17.5 Å². The Bertz CT molecular complexity index is 728. The van der Waals surface area contributed by atoms with Gasteiger partial charge in [-0.1, -0.05) is 11.6 Å². The molecule has 21 heavy (non-hydrogen) atoms. The number of rotatable bonds is 2. The summed E-state index contributed by atoms with van der Waals surface area (Å²) in [6, 6.07) is 6.08. The first-order valence-electron chi connectivity index (χ1n) is 5.41. The molecular weight excluding hydrogens is 373 g/mol. The Labute approximate surface area is 131 Å². The summed E-state index contributed by atoms with van der Waals surface area (Å²) < 4.78 is 44.6. The molecule has 2 aromatic rings. The van der Waals surface area contributed by atoms with Crippen LogP contribution in [0.4, 0.5) is 13.2 Å². The highest BCUT2D eigenvalue weighted by atomic mass is 79.9. The lowest BCUT2D eigenvalue weighted by molar-refractivity contribution is -0.138. The molecule has 108 valence electrons. The molecule has 3 nitrogen and oxygen atoms in total. The predicted molar refractivity (Wildman–Crippen MR) is 73.2 cm³/mol. The standard InChI is InChI=1S/C13H5BrClF3N2O/c14-8-4-10(15)12(20-6-8)21-11-2-1-7(5-19)3-9(11)13(16,17)18/h1-4,6H. The van der Waals surface area contributed by atoms with Crippen LogP contribution in [0.2, 0.25) is 5.02 Å². The van der Waals surface area contributed by atoms with Crippen molar-refractivity contribution in [3.8, 4) is 17.7 Å². The summed E-state index contributed by atoms with van der Waals surface area (Å²) in [5, 5.41) is 8.74. The summed E-state index contributed by atoms with van der Waals surface area (Å²) in [6.45, 7) is 0. The molecule has 1 aromatic heterocycles. The number of ether oxygens (including phenoxy) is 1. The molecule has 0 radical (unpaired) electrons. The van der Waals surface area contributed by atoms with Crippen molar-refractivity contribution in [3.63, 3.8) is 0 Å². The van der Waals surface area contributed by atoms with E-state index in [4.69, 9.17) is 21.6 Å². The molecule has 0 bridgehead atoms. The first-order chi connectivity index (χ1) is 9.81. The van der Waals surface area contributed by atoms with Crippen molar-refractivity contribution >= 4 is 27.5 Å². The Balaban J connectivity index is 2.47. The van der Waals surface area contributed by atoms with Crippen LogP contribution in [0, 0.1) is 11.3 Å². The molecule has 8 heteroatoms. The van der Waals surface area contributed by atoms with E-state index in [0.717, 1.165) is 6.07 Å². The average Bonchev–Trinajstić information content (AvgIpc) is 2.41. The Kier molecular flexibility index (Phi) is 4.40. The fraction of sp³-hybridized carbons (Fsp3) is 0.0769. The van der Waals surface area contributed by atoms with E-state index in [9.17, 15) is 13.2 Å². The maximum absolute atomic E-state index is 13.0. The monoisotopic (exact) mass is 376 g/mol. The quantitative estimate of drug-likeness (QED) is 0.724. The second-order valence-electron chi connectivity index (χ2n) is 3.86. The van der Waals surface area contributed by atoms with Gasteiger partial charge in [-0.15, -0.1) is 0 Å². The molecule has 0 unspecified atom stereocenters. The minimum absolute atomic E-state index is 0.0573. The number of halogens is 5. The van der Waals surface area contributed by atoms with Crippen LogP contribution in [0.15, 0.2) is 34.9 Å². The number of alkyl halides is 3. The molecule has 0 saturated carbocycles. The molecular formula is C13H5BrClF3N2O. The van der Waals surface area contributed by atoms with Gasteiger partial charge in [0.25, 0.3) is 0 Å². The third-order valence-corrected chi connectivity index (χ3v) is 3.10. The molecule has 0 aliphatic rings. The van der Waals surface area contributed by atoms with Gasteiger partial charge in [0.2, 0.25) is 5.88 Å². The van der Waals surface area contributed by atoms with E-state index in [2.05, 4.69) is 20.9 Å². The molecule has 1 aromatic carbocycles. The number of hydrogen-bond acceptors (Lipinski definition) is 3. The van der Waals surface area contributed by atoms with Gasteiger partial charge in [-0.2, -0.15) is 18.4 Å². The summed E-state index contributed by atoms with van der Waals surface area (Å²) in [4.78, 5) is 3.81. The highest BCUT2D eigenvalue weighted by Crippen LogP contribution is 2.39. The van der Waals surface area contributed by atoms with Gasteiger partial charge in [0, 0.05) is 10.7 Å². The molecule has 2 rings (SSSR count). The molecule has 0 amide bonds. The first-order valence-corrected chi connectivity index (χ1v) is 6.58. The number of nitriles is 1. The average molecular weight is 378 g/mol. The van der Waals surface area contributed by atoms with Crippen LogP contribution in [0.3, 0.4) is 0 Å². The summed E-state index contributed by atoms with van der Waals surface area (Å²) in [7, 11) is 0. The van der Waals surface area contributed by atoms with Crippen molar-refractivity contribution in [1.82, 2.24) is 4.98 Å². The van der Waals surface area contributed by atoms with Crippen molar-refractivity contribution in [2.75, 3.05) is 0 Å². The van der Waals surface area contributed by atoms with Crippen molar-refractivity contribution in [2.24, 2.45) is 0 Å². The fourth-order valence-electron chi connectivity index (χ4n) is 1.49. The van der Waals surface area contributed by atoms with E-state index in [1.54, 1.807) is 6.07 Å². The number of hydrogen-bond donors (Lipinski definition) is 0. The third kappa shape index (κ3) is 3.65. The van der Waals surface area contributed by atoms with Gasteiger partial charge < -0.3 is 4.74 Å². The first kappa shape index (κ1) is 15.6. The van der Waals surface area contributed by atoms with Gasteiger partial charge in [-0.3, -0.25) is 0 Å². The summed E-state index contributed by atoms with van der Waals surface area (Å²) >= 11 is 8.98. The fourth-order valence-corrected chi connectivity index (χ4v) is 2.16. The predicted octanol–water partition coefficient (Wildman–Crippen LogP) is 5.18. The second kappa shape index (κ2) is 5.92. The van der Waals surface area contributed by atoms with Crippen LogP contribution < -0.4 is 4.74 Å². The Hall–Kier alpha value is -1.78. The lowest BCUT2D eigenvalue weighted by Gasteiger charge is -2.14. The molecule has 0 atom stereocenters. The summed E-state index contributed by atoms with van der Waals surface area (Å²) in [6.07, 6.45) is -3.32. The summed E-state index contributed by atoms with van der Waals surface area (Å²) in [5.41, 5.74) is -1.19. The lowest BCUT2D eigenvalue weighted by atomic mass is 10.1. The van der Waals surface area contributed by atoms with E-state index in [0.29, 0.717) is 10.5 Å².